The summed E-state index contributed by atoms with van der Waals surface area (Å²) >= 11 is 0. The van der Waals surface area contributed by atoms with Crippen LogP contribution in [0.2, 0.25) is 0 Å². The van der Waals surface area contributed by atoms with Crippen molar-refractivity contribution < 1.29 is 30.7 Å². The number of benzene rings is 1. The Bertz CT molecular complexity index is 503. The molecule has 0 heterocycles. The van der Waals surface area contributed by atoms with E-state index in [1.54, 1.807) is 0 Å². The zero-order valence-electron chi connectivity index (χ0n) is 7.45. The van der Waals surface area contributed by atoms with E-state index in [-0.39, 0.29) is 6.07 Å². The maximum Gasteiger partial charge on any atom is 0.387 e. The van der Waals surface area contributed by atoms with Crippen LogP contribution in [-0.4, -0.2) is 15.0 Å². The molecule has 0 saturated heterocycles. The third kappa shape index (κ3) is 2.83. The highest BCUT2D eigenvalue weighted by atomic mass is 32.2. The Morgan fingerprint density at radius 1 is 1.25 bits per heavy atom. The van der Waals surface area contributed by atoms with E-state index in [0.29, 0.717) is 6.07 Å². The van der Waals surface area contributed by atoms with Crippen LogP contribution < -0.4 is 9.88 Å². The summed E-state index contributed by atoms with van der Waals surface area (Å²) in [7, 11) is -4.63. The van der Waals surface area contributed by atoms with E-state index in [1.807, 2.05) is 0 Å². The molecule has 0 atom stereocenters. The molecule has 0 aromatic heterocycles. The number of nitrogens with two attached hydrogens (primary N) is 1. The second-order valence-corrected chi connectivity index (χ2v) is 4.14. The summed E-state index contributed by atoms with van der Waals surface area (Å²) in [5.74, 6) is -4.03. The van der Waals surface area contributed by atoms with Gasteiger partial charge in [0.15, 0.2) is 10.6 Å². The number of halogens is 4. The zero-order chi connectivity index (χ0) is 12.5. The molecular weight excluding hydrogens is 254 g/mol. The standard InChI is InChI=1S/C7H5F4NO3S/c8-3-1-4(9)6(16(12,13)14)5(2-3)15-7(10)11/h1-2,7H,(H2,12,13,14). The van der Waals surface area contributed by atoms with Crippen LogP contribution in [0.1, 0.15) is 0 Å². The summed E-state index contributed by atoms with van der Waals surface area (Å²) in [5.41, 5.74) is 0. The lowest BCUT2D eigenvalue weighted by atomic mass is 10.3. The number of hydrogen-bond acceptors (Lipinski definition) is 3. The Balaban J connectivity index is 3.45. The molecule has 0 aliphatic heterocycles. The summed E-state index contributed by atoms with van der Waals surface area (Å²) in [6.07, 6.45) is 0. The van der Waals surface area contributed by atoms with E-state index in [0.717, 1.165) is 0 Å². The molecule has 2 N–H and O–H groups in total. The van der Waals surface area contributed by atoms with Crippen LogP contribution in [0.4, 0.5) is 17.6 Å². The molecule has 1 rings (SSSR count). The fourth-order valence-corrected chi connectivity index (χ4v) is 1.71. The van der Waals surface area contributed by atoms with Crippen molar-refractivity contribution in [1.82, 2.24) is 0 Å². The predicted octanol–water partition coefficient (Wildman–Crippen LogP) is 1.21. The highest BCUT2D eigenvalue weighted by Crippen LogP contribution is 2.28. The Hall–Kier alpha value is -1.35. The highest BCUT2D eigenvalue weighted by Gasteiger charge is 2.24. The van der Waals surface area contributed by atoms with E-state index in [9.17, 15) is 26.0 Å². The predicted molar refractivity (Wildman–Crippen MR) is 44.4 cm³/mol. The van der Waals surface area contributed by atoms with Crippen LogP contribution in [0.5, 0.6) is 5.75 Å². The van der Waals surface area contributed by atoms with Crippen LogP contribution in [0.3, 0.4) is 0 Å². The van der Waals surface area contributed by atoms with E-state index < -0.39 is 38.9 Å². The minimum atomic E-state index is -4.63. The summed E-state index contributed by atoms with van der Waals surface area (Å²) < 4.78 is 74.8. The monoisotopic (exact) mass is 259 g/mol. The Morgan fingerprint density at radius 3 is 2.25 bits per heavy atom. The first-order valence-corrected chi connectivity index (χ1v) is 5.23. The number of ether oxygens (including phenoxy) is 1. The lowest BCUT2D eigenvalue weighted by molar-refractivity contribution is -0.0522. The number of hydrogen-bond donors (Lipinski definition) is 1. The molecule has 0 fully saturated rings. The van der Waals surface area contributed by atoms with Gasteiger partial charge in [0, 0.05) is 12.1 Å². The molecular formula is C7H5F4NO3S. The first-order chi connectivity index (χ1) is 7.21. The zero-order valence-corrected chi connectivity index (χ0v) is 8.27. The van der Waals surface area contributed by atoms with Gasteiger partial charge in [-0.15, -0.1) is 0 Å². The average molecular weight is 259 g/mol. The number of rotatable bonds is 3. The maximum atomic E-state index is 13.0. The van der Waals surface area contributed by atoms with Gasteiger partial charge in [-0.3, -0.25) is 0 Å². The topological polar surface area (TPSA) is 69.4 Å². The molecule has 0 bridgehead atoms. The first kappa shape index (κ1) is 12.7. The van der Waals surface area contributed by atoms with Gasteiger partial charge in [0.05, 0.1) is 0 Å². The Labute approximate surface area is 87.7 Å². The van der Waals surface area contributed by atoms with Gasteiger partial charge in [-0.25, -0.2) is 22.3 Å². The molecule has 1 aromatic carbocycles. The summed E-state index contributed by atoms with van der Waals surface area (Å²) in [5, 5.41) is 4.57. The fraction of sp³-hybridized carbons (Fsp3) is 0.143. The Kier molecular flexibility index (Phi) is 3.38. The largest absolute Gasteiger partial charge is 0.433 e. The molecule has 4 nitrogen and oxygen atoms in total. The maximum absolute atomic E-state index is 13.0. The van der Waals surface area contributed by atoms with Crippen molar-refractivity contribution in [2.75, 3.05) is 0 Å². The summed E-state index contributed by atoms with van der Waals surface area (Å²) in [4.78, 5) is -1.31. The Morgan fingerprint density at radius 2 is 1.81 bits per heavy atom. The number of alkyl halides is 2. The number of sulfonamides is 1. The third-order valence-corrected chi connectivity index (χ3v) is 2.44. The van der Waals surface area contributed by atoms with Gasteiger partial charge >= 0.3 is 6.61 Å². The summed E-state index contributed by atoms with van der Waals surface area (Å²) in [6, 6.07) is 0.493. The molecule has 0 aliphatic carbocycles. The highest BCUT2D eigenvalue weighted by molar-refractivity contribution is 7.89. The van der Waals surface area contributed by atoms with Gasteiger partial charge < -0.3 is 4.74 Å². The fourth-order valence-electron chi connectivity index (χ4n) is 0.996. The normalized spacial score (nSPS) is 11.9. The smallest absolute Gasteiger partial charge is 0.387 e. The minimum Gasteiger partial charge on any atom is -0.433 e. The molecule has 0 saturated carbocycles. The first-order valence-electron chi connectivity index (χ1n) is 3.68. The van der Waals surface area contributed by atoms with Crippen molar-refractivity contribution in [2.24, 2.45) is 5.14 Å². The molecule has 0 aliphatic rings. The van der Waals surface area contributed by atoms with Crippen molar-refractivity contribution >= 4 is 10.0 Å². The van der Waals surface area contributed by atoms with Crippen molar-refractivity contribution in [3.63, 3.8) is 0 Å². The molecule has 1 aromatic rings. The minimum absolute atomic E-state index is 0.193. The van der Waals surface area contributed by atoms with E-state index in [2.05, 4.69) is 9.88 Å². The van der Waals surface area contributed by atoms with Gasteiger partial charge in [-0.2, -0.15) is 8.78 Å². The van der Waals surface area contributed by atoms with E-state index in [1.165, 1.54) is 0 Å². The van der Waals surface area contributed by atoms with Crippen molar-refractivity contribution in [1.29, 1.82) is 0 Å². The molecule has 16 heavy (non-hydrogen) atoms. The van der Waals surface area contributed by atoms with Gasteiger partial charge in [-0.1, -0.05) is 0 Å². The van der Waals surface area contributed by atoms with E-state index in [4.69, 9.17) is 0 Å². The van der Waals surface area contributed by atoms with Gasteiger partial charge in [0.2, 0.25) is 10.0 Å². The molecule has 0 amide bonds. The van der Waals surface area contributed by atoms with Crippen LogP contribution in [0.15, 0.2) is 17.0 Å². The third-order valence-electron chi connectivity index (χ3n) is 1.47. The van der Waals surface area contributed by atoms with E-state index >= 15 is 0 Å². The van der Waals surface area contributed by atoms with Crippen LogP contribution in [-0.2, 0) is 10.0 Å². The average Bonchev–Trinajstić information content (AvgIpc) is 1.96. The van der Waals surface area contributed by atoms with Crippen LogP contribution in [0, 0.1) is 11.6 Å². The van der Waals surface area contributed by atoms with Gasteiger partial charge in [0.1, 0.15) is 11.6 Å². The van der Waals surface area contributed by atoms with Gasteiger partial charge in [0.25, 0.3) is 0 Å². The number of primary sulfonamides is 1. The van der Waals surface area contributed by atoms with Crippen molar-refractivity contribution in [3.05, 3.63) is 23.8 Å². The van der Waals surface area contributed by atoms with Crippen molar-refractivity contribution in [3.8, 4) is 5.75 Å². The molecule has 0 radical (unpaired) electrons. The van der Waals surface area contributed by atoms with Crippen LogP contribution >= 0.6 is 0 Å². The summed E-state index contributed by atoms with van der Waals surface area (Å²) in [6.45, 7) is -3.43. The van der Waals surface area contributed by atoms with Gasteiger partial charge in [-0.05, 0) is 0 Å². The SMILES string of the molecule is NS(=O)(=O)c1c(F)cc(F)cc1OC(F)F. The lowest BCUT2D eigenvalue weighted by Gasteiger charge is -2.09. The van der Waals surface area contributed by atoms with Crippen LogP contribution in [0.25, 0.3) is 0 Å². The second kappa shape index (κ2) is 4.26. The molecule has 9 heteroatoms. The molecule has 0 unspecified atom stereocenters. The quantitative estimate of drug-likeness (QED) is 0.829. The second-order valence-electron chi connectivity index (χ2n) is 2.64. The lowest BCUT2D eigenvalue weighted by Crippen LogP contribution is -2.17. The van der Waals surface area contributed by atoms with Crippen molar-refractivity contribution in [2.45, 2.75) is 11.5 Å². The molecule has 90 valence electrons. The molecule has 0 spiro atoms.